The zero-order valence-corrected chi connectivity index (χ0v) is 18.4. The molecule has 0 unspecified atom stereocenters. The number of aromatic nitrogens is 3. The number of piperazine rings is 1. The number of nitrogens with one attached hydrogen (secondary N) is 2. The molecule has 31 heavy (non-hydrogen) atoms. The van der Waals surface area contributed by atoms with Gasteiger partial charge in [-0.1, -0.05) is 0 Å². The highest BCUT2D eigenvalue weighted by Gasteiger charge is 2.27. The first kappa shape index (κ1) is 22.3. The van der Waals surface area contributed by atoms with Crippen LogP contribution < -0.4 is 15.5 Å². The predicted molar refractivity (Wildman–Crippen MR) is 118 cm³/mol. The fraction of sp³-hybridized carbons (Fsp3) is 0.476. The number of rotatable bonds is 5. The van der Waals surface area contributed by atoms with Crippen molar-refractivity contribution in [2.24, 2.45) is 0 Å². The summed E-state index contributed by atoms with van der Waals surface area (Å²) in [4.78, 5) is 41.3. The molecule has 2 aromatic heterocycles. The Morgan fingerprint density at radius 1 is 1.10 bits per heavy atom. The summed E-state index contributed by atoms with van der Waals surface area (Å²) in [6.07, 6.45) is 5.96. The molecule has 1 aliphatic rings. The summed E-state index contributed by atoms with van der Waals surface area (Å²) < 4.78 is 5.45. The number of amides is 2. The molecule has 2 amide bonds. The zero-order chi connectivity index (χ0) is 22.4. The Bertz CT molecular complexity index is 921. The molecule has 0 aliphatic carbocycles. The fourth-order valence-electron chi connectivity index (χ4n) is 3.14. The van der Waals surface area contributed by atoms with Crippen LogP contribution in [0.2, 0.25) is 0 Å². The fourth-order valence-corrected chi connectivity index (χ4v) is 3.14. The van der Waals surface area contributed by atoms with E-state index in [0.717, 1.165) is 5.69 Å². The molecule has 10 heteroatoms. The summed E-state index contributed by atoms with van der Waals surface area (Å²) in [6, 6.07) is 1.85. The molecular weight excluding hydrogens is 398 g/mol. The van der Waals surface area contributed by atoms with Crippen LogP contribution in [0.4, 0.5) is 22.0 Å². The smallest absolute Gasteiger partial charge is 0.410 e. The highest BCUT2D eigenvalue weighted by atomic mass is 16.6. The van der Waals surface area contributed by atoms with E-state index in [1.165, 1.54) is 6.20 Å². The van der Waals surface area contributed by atoms with E-state index in [0.29, 0.717) is 44.2 Å². The number of pyridine rings is 1. The van der Waals surface area contributed by atoms with Gasteiger partial charge in [0.1, 0.15) is 17.1 Å². The van der Waals surface area contributed by atoms with Crippen molar-refractivity contribution < 1.29 is 14.3 Å². The minimum Gasteiger partial charge on any atom is -0.444 e. The molecule has 1 saturated heterocycles. The predicted octanol–water partition coefficient (Wildman–Crippen LogP) is 2.61. The van der Waals surface area contributed by atoms with Gasteiger partial charge >= 0.3 is 6.09 Å². The Morgan fingerprint density at radius 2 is 1.84 bits per heavy atom. The van der Waals surface area contributed by atoms with E-state index in [1.807, 2.05) is 33.8 Å². The maximum atomic E-state index is 12.7. The van der Waals surface area contributed by atoms with Crippen molar-refractivity contribution in [2.75, 3.05) is 48.3 Å². The Labute approximate surface area is 182 Å². The third kappa shape index (κ3) is 6.03. The first-order valence-corrected chi connectivity index (χ1v) is 10.3. The Morgan fingerprint density at radius 3 is 2.52 bits per heavy atom. The maximum Gasteiger partial charge on any atom is 0.410 e. The number of hydrogen-bond donors (Lipinski definition) is 2. The summed E-state index contributed by atoms with van der Waals surface area (Å²) in [5, 5.41) is 5.92. The molecule has 1 fully saturated rings. The lowest BCUT2D eigenvalue weighted by molar-refractivity contribution is 0.0240. The summed E-state index contributed by atoms with van der Waals surface area (Å²) in [5.74, 6) is 0.175. The van der Waals surface area contributed by atoms with Gasteiger partial charge in [-0.15, -0.1) is 0 Å². The molecule has 0 saturated carbocycles. The van der Waals surface area contributed by atoms with Crippen molar-refractivity contribution in [2.45, 2.75) is 33.3 Å². The monoisotopic (exact) mass is 427 g/mol. The van der Waals surface area contributed by atoms with Crippen LogP contribution in [0.5, 0.6) is 0 Å². The SMILES string of the molecule is CCNc1cncc(C(=O)Nc2cnccc2N2CCN(C(=O)OC(C)(C)C)CC2)n1. The highest BCUT2D eigenvalue weighted by molar-refractivity contribution is 6.04. The number of anilines is 3. The molecule has 2 aromatic rings. The lowest BCUT2D eigenvalue weighted by Gasteiger charge is -2.37. The van der Waals surface area contributed by atoms with E-state index in [1.54, 1.807) is 23.5 Å². The highest BCUT2D eigenvalue weighted by Crippen LogP contribution is 2.26. The van der Waals surface area contributed by atoms with Crippen LogP contribution in [0.3, 0.4) is 0 Å². The van der Waals surface area contributed by atoms with Gasteiger partial charge in [0.2, 0.25) is 0 Å². The summed E-state index contributed by atoms with van der Waals surface area (Å²) in [7, 11) is 0. The van der Waals surface area contributed by atoms with E-state index < -0.39 is 5.60 Å². The lowest BCUT2D eigenvalue weighted by atomic mass is 10.2. The molecule has 166 valence electrons. The molecular formula is C21H29N7O3. The first-order chi connectivity index (χ1) is 14.8. The van der Waals surface area contributed by atoms with Crippen LogP contribution in [0, 0.1) is 0 Å². The third-order valence-electron chi connectivity index (χ3n) is 4.54. The molecule has 0 bridgehead atoms. The zero-order valence-electron chi connectivity index (χ0n) is 18.4. The van der Waals surface area contributed by atoms with Gasteiger partial charge in [-0.2, -0.15) is 0 Å². The largest absolute Gasteiger partial charge is 0.444 e. The van der Waals surface area contributed by atoms with Crippen LogP contribution in [0.15, 0.2) is 30.9 Å². The quantitative estimate of drug-likeness (QED) is 0.749. The number of carbonyl (C=O) groups excluding carboxylic acids is 2. The Kier molecular flexibility index (Phi) is 6.88. The minimum absolute atomic E-state index is 0.211. The Balaban J connectivity index is 1.67. The van der Waals surface area contributed by atoms with Gasteiger partial charge in [0.15, 0.2) is 0 Å². The van der Waals surface area contributed by atoms with Crippen molar-refractivity contribution in [3.05, 3.63) is 36.5 Å². The number of carbonyl (C=O) groups is 2. The summed E-state index contributed by atoms with van der Waals surface area (Å²) in [6.45, 7) is 10.5. The van der Waals surface area contributed by atoms with Gasteiger partial charge in [0.05, 0.1) is 30.0 Å². The molecule has 0 radical (unpaired) electrons. The third-order valence-corrected chi connectivity index (χ3v) is 4.54. The minimum atomic E-state index is -0.524. The van der Waals surface area contributed by atoms with Crippen LogP contribution >= 0.6 is 0 Å². The van der Waals surface area contributed by atoms with E-state index >= 15 is 0 Å². The second kappa shape index (κ2) is 9.59. The van der Waals surface area contributed by atoms with Gasteiger partial charge in [0.25, 0.3) is 5.91 Å². The molecule has 3 rings (SSSR count). The average Bonchev–Trinajstić information content (AvgIpc) is 2.73. The van der Waals surface area contributed by atoms with E-state index in [9.17, 15) is 9.59 Å². The second-order valence-electron chi connectivity index (χ2n) is 8.12. The molecule has 0 atom stereocenters. The maximum absolute atomic E-state index is 12.7. The topological polar surface area (TPSA) is 113 Å². The van der Waals surface area contributed by atoms with Gasteiger partial charge in [-0.3, -0.25) is 14.8 Å². The van der Waals surface area contributed by atoms with Gasteiger partial charge in [-0.05, 0) is 33.8 Å². The van der Waals surface area contributed by atoms with Crippen molar-refractivity contribution in [3.8, 4) is 0 Å². The molecule has 2 N–H and O–H groups in total. The molecule has 10 nitrogen and oxygen atoms in total. The number of ether oxygens (including phenoxy) is 1. The summed E-state index contributed by atoms with van der Waals surface area (Å²) in [5.41, 5.74) is 1.10. The van der Waals surface area contributed by atoms with Crippen LogP contribution in [0.1, 0.15) is 38.2 Å². The number of hydrogen-bond acceptors (Lipinski definition) is 8. The molecule has 0 spiro atoms. The number of nitrogens with zero attached hydrogens (tertiary/aromatic N) is 5. The van der Waals surface area contributed by atoms with E-state index in [4.69, 9.17) is 4.74 Å². The van der Waals surface area contributed by atoms with Gasteiger partial charge < -0.3 is 25.2 Å². The van der Waals surface area contributed by atoms with Crippen molar-refractivity contribution in [1.82, 2.24) is 19.9 Å². The van der Waals surface area contributed by atoms with Crippen molar-refractivity contribution in [1.29, 1.82) is 0 Å². The van der Waals surface area contributed by atoms with E-state index in [2.05, 4.69) is 30.5 Å². The van der Waals surface area contributed by atoms with Crippen molar-refractivity contribution in [3.63, 3.8) is 0 Å². The van der Waals surface area contributed by atoms with Gasteiger partial charge in [-0.25, -0.2) is 9.78 Å². The van der Waals surface area contributed by atoms with E-state index in [-0.39, 0.29) is 17.7 Å². The van der Waals surface area contributed by atoms with Crippen LogP contribution in [0.25, 0.3) is 0 Å². The molecule has 3 heterocycles. The van der Waals surface area contributed by atoms with Crippen LogP contribution in [-0.4, -0.2) is 70.2 Å². The second-order valence-corrected chi connectivity index (χ2v) is 8.12. The lowest BCUT2D eigenvalue weighted by Crippen LogP contribution is -2.50. The van der Waals surface area contributed by atoms with Crippen molar-refractivity contribution >= 4 is 29.2 Å². The summed E-state index contributed by atoms with van der Waals surface area (Å²) >= 11 is 0. The molecule has 0 aromatic carbocycles. The standard InChI is InChI=1S/C21H29N7O3/c1-5-24-18-14-23-13-16(25-18)19(29)26-15-12-22-7-6-17(15)27-8-10-28(11-9-27)20(30)31-21(2,3)4/h6-7,12-14H,5,8-11H2,1-4H3,(H,24,25)(H,26,29). The Hall–Kier alpha value is -3.43. The normalized spacial score (nSPS) is 14.2. The first-order valence-electron chi connectivity index (χ1n) is 10.3. The average molecular weight is 428 g/mol. The van der Waals surface area contributed by atoms with Crippen LogP contribution in [-0.2, 0) is 4.74 Å². The van der Waals surface area contributed by atoms with Gasteiger partial charge in [0, 0.05) is 38.9 Å². The molecule has 1 aliphatic heterocycles.